The van der Waals surface area contributed by atoms with Crippen LogP contribution in [0.1, 0.15) is 15.9 Å². The third-order valence-electron chi connectivity index (χ3n) is 2.05. The smallest absolute Gasteiger partial charge is 0.329 e. The summed E-state index contributed by atoms with van der Waals surface area (Å²) in [6.07, 6.45) is 1.47. The Bertz CT molecular complexity index is 474. The summed E-state index contributed by atoms with van der Waals surface area (Å²) in [6.45, 7) is 1.81. The first-order chi connectivity index (χ1) is 7.97. The number of urea groups is 1. The summed E-state index contributed by atoms with van der Waals surface area (Å²) in [5, 5.41) is -0.691. The van der Waals surface area contributed by atoms with Crippen molar-refractivity contribution in [2.45, 2.75) is 6.92 Å². The highest BCUT2D eigenvalue weighted by molar-refractivity contribution is 8.13. The van der Waals surface area contributed by atoms with Crippen LogP contribution in [-0.4, -0.2) is 28.3 Å². The first kappa shape index (κ1) is 13.2. The molecule has 17 heavy (non-hydrogen) atoms. The maximum absolute atomic E-state index is 11.9. The Morgan fingerprint density at radius 2 is 1.94 bits per heavy atom. The second-order valence-electron chi connectivity index (χ2n) is 3.32. The Balaban J connectivity index is 3.09. The number of hydrogen-bond donors (Lipinski definition) is 1. The fourth-order valence-electron chi connectivity index (χ4n) is 1.27. The van der Waals surface area contributed by atoms with Crippen LogP contribution in [0.15, 0.2) is 24.3 Å². The van der Waals surface area contributed by atoms with Crippen LogP contribution < -0.4 is 5.73 Å². The predicted molar refractivity (Wildman–Crippen MR) is 65.8 cm³/mol. The minimum Gasteiger partial charge on any atom is -0.351 e. The lowest BCUT2D eigenvalue weighted by Gasteiger charge is -2.15. The summed E-state index contributed by atoms with van der Waals surface area (Å²) in [5.41, 5.74) is 6.14. The average Bonchev–Trinajstić information content (AvgIpc) is 2.28. The second-order valence-corrected chi connectivity index (χ2v) is 4.08. The van der Waals surface area contributed by atoms with Crippen LogP contribution in [-0.2, 0) is 0 Å². The molecule has 1 aromatic rings. The minimum absolute atomic E-state index is 0.256. The van der Waals surface area contributed by atoms with E-state index in [1.807, 2.05) is 13.0 Å². The summed E-state index contributed by atoms with van der Waals surface area (Å²) < 4.78 is 0. The third-order valence-corrected chi connectivity index (χ3v) is 2.58. The quantitative estimate of drug-likeness (QED) is 0.828. The number of nitrogens with zero attached hydrogens (tertiary/aromatic N) is 1. The third kappa shape index (κ3) is 3.07. The number of amides is 4. The van der Waals surface area contributed by atoms with Crippen molar-refractivity contribution in [1.29, 1.82) is 0 Å². The maximum Gasteiger partial charge on any atom is 0.329 e. The molecule has 2 N–H and O–H groups in total. The Kier molecular flexibility index (Phi) is 4.28. The number of nitrogens with two attached hydrogens (primary N) is 1. The normalized spacial score (nSPS) is 9.76. The Morgan fingerprint density at radius 1 is 1.29 bits per heavy atom. The summed E-state index contributed by atoms with van der Waals surface area (Å²) in [4.78, 5) is 34.9. The van der Waals surface area contributed by atoms with E-state index in [-0.39, 0.29) is 5.56 Å². The van der Waals surface area contributed by atoms with Crippen molar-refractivity contribution in [3.05, 3.63) is 35.4 Å². The van der Waals surface area contributed by atoms with E-state index in [4.69, 9.17) is 5.73 Å². The molecule has 0 aliphatic heterocycles. The molecular formula is C11H12N2O3S. The largest absolute Gasteiger partial charge is 0.351 e. The number of carbonyl (C=O) groups is 3. The molecule has 0 saturated heterocycles. The molecule has 0 atom stereocenters. The molecule has 0 aromatic heterocycles. The zero-order chi connectivity index (χ0) is 13.0. The van der Waals surface area contributed by atoms with Crippen molar-refractivity contribution in [3.63, 3.8) is 0 Å². The number of thioether (sulfide) groups is 1. The van der Waals surface area contributed by atoms with Gasteiger partial charge in [-0.1, -0.05) is 29.5 Å². The van der Waals surface area contributed by atoms with Crippen molar-refractivity contribution in [3.8, 4) is 0 Å². The molecule has 0 bridgehead atoms. The van der Waals surface area contributed by atoms with Gasteiger partial charge in [0, 0.05) is 5.56 Å². The van der Waals surface area contributed by atoms with Gasteiger partial charge in [0.25, 0.3) is 11.1 Å². The predicted octanol–water partition coefficient (Wildman–Crippen LogP) is 2.00. The van der Waals surface area contributed by atoms with Crippen molar-refractivity contribution < 1.29 is 14.4 Å². The lowest BCUT2D eigenvalue weighted by Crippen LogP contribution is -2.43. The lowest BCUT2D eigenvalue weighted by atomic mass is 10.1. The van der Waals surface area contributed by atoms with Gasteiger partial charge in [0.15, 0.2) is 0 Å². The summed E-state index contributed by atoms with van der Waals surface area (Å²) in [5.74, 6) is -0.708. The van der Waals surface area contributed by atoms with Gasteiger partial charge in [0.2, 0.25) is 0 Å². The number of primary amides is 1. The van der Waals surface area contributed by atoms with E-state index in [9.17, 15) is 14.4 Å². The summed E-state index contributed by atoms with van der Waals surface area (Å²) in [7, 11) is 0. The van der Waals surface area contributed by atoms with Crippen molar-refractivity contribution in [1.82, 2.24) is 4.90 Å². The van der Waals surface area contributed by atoms with Gasteiger partial charge in [0.1, 0.15) is 0 Å². The Morgan fingerprint density at radius 3 is 2.41 bits per heavy atom. The summed E-state index contributed by atoms with van der Waals surface area (Å²) >= 11 is 0.754. The molecule has 4 amide bonds. The number of carbonyl (C=O) groups excluding carboxylic acids is 3. The lowest BCUT2D eigenvalue weighted by molar-refractivity contribution is 0.0857. The average molecular weight is 252 g/mol. The van der Waals surface area contributed by atoms with Gasteiger partial charge >= 0.3 is 6.03 Å². The maximum atomic E-state index is 11.9. The zero-order valence-electron chi connectivity index (χ0n) is 9.47. The molecule has 90 valence electrons. The van der Waals surface area contributed by atoms with Gasteiger partial charge < -0.3 is 5.73 Å². The van der Waals surface area contributed by atoms with E-state index in [1.165, 1.54) is 12.3 Å². The van der Waals surface area contributed by atoms with Crippen LogP contribution in [0.3, 0.4) is 0 Å². The molecule has 0 aliphatic rings. The van der Waals surface area contributed by atoms with Gasteiger partial charge in [-0.3, -0.25) is 9.59 Å². The van der Waals surface area contributed by atoms with E-state index in [2.05, 4.69) is 0 Å². The highest BCUT2D eigenvalue weighted by Crippen LogP contribution is 2.12. The Labute approximate surface area is 103 Å². The van der Waals surface area contributed by atoms with Crippen LogP contribution in [0.5, 0.6) is 0 Å². The SMILES string of the molecule is CSC(=O)N(C(N)=O)C(=O)c1cccc(C)c1. The van der Waals surface area contributed by atoms with Gasteiger partial charge in [-0.25, -0.2) is 4.79 Å². The minimum atomic E-state index is -1.07. The van der Waals surface area contributed by atoms with Gasteiger partial charge in [-0.2, -0.15) is 4.90 Å². The highest BCUT2D eigenvalue weighted by Gasteiger charge is 2.27. The number of rotatable bonds is 1. The molecule has 5 nitrogen and oxygen atoms in total. The molecule has 0 saturated carbocycles. The monoisotopic (exact) mass is 252 g/mol. The molecule has 1 rings (SSSR count). The fourth-order valence-corrected chi connectivity index (χ4v) is 1.63. The molecule has 0 spiro atoms. The molecule has 0 heterocycles. The van der Waals surface area contributed by atoms with Crippen molar-refractivity contribution in [2.75, 3.05) is 6.26 Å². The molecular weight excluding hydrogens is 240 g/mol. The van der Waals surface area contributed by atoms with Crippen LogP contribution in [0.2, 0.25) is 0 Å². The highest BCUT2D eigenvalue weighted by atomic mass is 32.2. The van der Waals surface area contributed by atoms with Crippen LogP contribution in [0, 0.1) is 6.92 Å². The van der Waals surface area contributed by atoms with Crippen LogP contribution in [0.25, 0.3) is 0 Å². The van der Waals surface area contributed by atoms with Crippen molar-refractivity contribution in [2.24, 2.45) is 5.73 Å². The molecule has 0 unspecified atom stereocenters. The topological polar surface area (TPSA) is 80.5 Å². The van der Waals surface area contributed by atoms with Crippen molar-refractivity contribution >= 4 is 28.9 Å². The van der Waals surface area contributed by atoms with E-state index in [1.54, 1.807) is 12.1 Å². The van der Waals surface area contributed by atoms with Gasteiger partial charge in [0.05, 0.1) is 0 Å². The second kappa shape index (κ2) is 5.49. The van der Waals surface area contributed by atoms with Gasteiger partial charge in [-0.05, 0) is 25.3 Å². The van der Waals surface area contributed by atoms with Crippen LogP contribution in [0.4, 0.5) is 9.59 Å². The number of benzene rings is 1. The number of hydrogen-bond acceptors (Lipinski definition) is 4. The van der Waals surface area contributed by atoms with E-state index in [0.29, 0.717) is 4.90 Å². The molecule has 0 radical (unpaired) electrons. The van der Waals surface area contributed by atoms with Crippen LogP contribution >= 0.6 is 11.8 Å². The van der Waals surface area contributed by atoms with E-state index < -0.39 is 17.2 Å². The Hall–Kier alpha value is -1.82. The molecule has 0 aliphatic carbocycles. The zero-order valence-corrected chi connectivity index (χ0v) is 10.3. The van der Waals surface area contributed by atoms with E-state index >= 15 is 0 Å². The first-order valence-corrected chi connectivity index (χ1v) is 5.98. The summed E-state index contributed by atoms with van der Waals surface area (Å²) in [6, 6.07) is 5.52. The first-order valence-electron chi connectivity index (χ1n) is 4.76. The molecule has 6 heteroatoms. The fraction of sp³-hybridized carbons (Fsp3) is 0.182. The number of aryl methyl sites for hydroxylation is 1. The molecule has 0 fully saturated rings. The number of imide groups is 3. The molecule has 1 aromatic carbocycles. The van der Waals surface area contributed by atoms with Gasteiger partial charge in [-0.15, -0.1) is 0 Å². The van der Waals surface area contributed by atoms with E-state index in [0.717, 1.165) is 17.3 Å². The standard InChI is InChI=1S/C11H12N2O3S/c1-7-4-3-5-8(6-7)9(14)13(10(12)15)11(16)17-2/h3-6H,1-2H3,(H2,12,15).